The molecule has 0 radical (unpaired) electrons. The molecule has 0 unspecified atom stereocenters. The highest BCUT2D eigenvalue weighted by Crippen LogP contribution is 2.34. The Morgan fingerprint density at radius 2 is 1.86 bits per heavy atom. The SMILES string of the molecule is COc1ccc2c(CSc3nc(-c4ccc(Cl)cc4)c(C#N)c(N4CCN(C)CC4)n3)cc(=O)oc2c1. The summed E-state index contributed by atoms with van der Waals surface area (Å²) in [5.74, 6) is 1.68. The lowest BCUT2D eigenvalue weighted by atomic mass is 10.1. The summed E-state index contributed by atoms with van der Waals surface area (Å²) in [6.07, 6.45) is 0. The molecule has 188 valence electrons. The maximum absolute atomic E-state index is 12.2. The van der Waals surface area contributed by atoms with Crippen LogP contribution >= 0.6 is 23.4 Å². The van der Waals surface area contributed by atoms with Crippen molar-refractivity contribution in [2.75, 3.05) is 45.2 Å². The number of fused-ring (bicyclic) bond motifs is 1. The highest BCUT2D eigenvalue weighted by Gasteiger charge is 2.24. The molecule has 0 saturated carbocycles. The molecule has 1 aliphatic heterocycles. The van der Waals surface area contributed by atoms with Crippen LogP contribution in [0.1, 0.15) is 11.1 Å². The lowest BCUT2D eigenvalue weighted by molar-refractivity contribution is 0.311. The van der Waals surface area contributed by atoms with Gasteiger partial charge in [-0.3, -0.25) is 0 Å². The summed E-state index contributed by atoms with van der Waals surface area (Å²) in [6, 6.07) is 16.5. The molecule has 8 nitrogen and oxygen atoms in total. The van der Waals surface area contributed by atoms with Gasteiger partial charge < -0.3 is 19.0 Å². The third-order valence-electron chi connectivity index (χ3n) is 6.30. The number of benzene rings is 2. The first-order valence-corrected chi connectivity index (χ1v) is 13.1. The average Bonchev–Trinajstić information content (AvgIpc) is 2.91. The number of ether oxygens (including phenoxy) is 1. The van der Waals surface area contributed by atoms with Crippen molar-refractivity contribution in [1.82, 2.24) is 14.9 Å². The molecule has 5 rings (SSSR count). The first kappa shape index (κ1) is 25.1. The summed E-state index contributed by atoms with van der Waals surface area (Å²) in [5.41, 5.74) is 2.63. The molecule has 1 saturated heterocycles. The van der Waals surface area contributed by atoms with E-state index in [1.54, 1.807) is 25.3 Å². The molecule has 0 amide bonds. The van der Waals surface area contributed by atoms with Gasteiger partial charge in [0, 0.05) is 60.0 Å². The Morgan fingerprint density at radius 3 is 2.57 bits per heavy atom. The van der Waals surface area contributed by atoms with Gasteiger partial charge in [-0.1, -0.05) is 35.5 Å². The Morgan fingerprint density at radius 1 is 1.11 bits per heavy atom. The van der Waals surface area contributed by atoms with E-state index in [1.165, 1.54) is 17.8 Å². The quantitative estimate of drug-likeness (QED) is 0.196. The smallest absolute Gasteiger partial charge is 0.336 e. The van der Waals surface area contributed by atoms with Crippen LogP contribution in [0.5, 0.6) is 5.75 Å². The van der Waals surface area contributed by atoms with E-state index < -0.39 is 5.63 Å². The van der Waals surface area contributed by atoms with Crippen LogP contribution in [-0.4, -0.2) is 55.2 Å². The minimum atomic E-state index is -0.433. The molecule has 3 heterocycles. The van der Waals surface area contributed by atoms with E-state index in [0.717, 1.165) is 42.7 Å². The van der Waals surface area contributed by atoms with Gasteiger partial charge in [0.15, 0.2) is 11.0 Å². The van der Waals surface area contributed by atoms with Gasteiger partial charge in [-0.05, 0) is 36.9 Å². The molecule has 37 heavy (non-hydrogen) atoms. The van der Waals surface area contributed by atoms with E-state index in [4.69, 9.17) is 30.7 Å². The number of halogens is 1. The number of nitriles is 1. The molecule has 10 heteroatoms. The number of rotatable bonds is 6. The van der Waals surface area contributed by atoms with E-state index in [-0.39, 0.29) is 0 Å². The first-order valence-electron chi connectivity index (χ1n) is 11.7. The van der Waals surface area contributed by atoms with Crippen LogP contribution in [0.3, 0.4) is 0 Å². The second-order valence-electron chi connectivity index (χ2n) is 8.70. The van der Waals surface area contributed by atoms with Crippen LogP contribution in [-0.2, 0) is 5.75 Å². The van der Waals surface area contributed by atoms with Crippen molar-refractivity contribution in [2.24, 2.45) is 0 Å². The topological polar surface area (TPSA) is 95.5 Å². The predicted octanol–water partition coefficient (Wildman–Crippen LogP) is 4.83. The normalized spacial score (nSPS) is 14.1. The number of hydrogen-bond donors (Lipinski definition) is 0. The molecule has 0 spiro atoms. The van der Waals surface area contributed by atoms with Crippen molar-refractivity contribution in [3.8, 4) is 23.1 Å². The second-order valence-corrected chi connectivity index (χ2v) is 10.1. The zero-order valence-corrected chi connectivity index (χ0v) is 22.0. The van der Waals surface area contributed by atoms with Crippen molar-refractivity contribution in [3.63, 3.8) is 0 Å². The fraction of sp³-hybridized carbons (Fsp3) is 0.259. The minimum absolute atomic E-state index is 0.433. The Bertz CT molecular complexity index is 1540. The molecule has 0 N–H and O–H groups in total. The molecule has 2 aromatic heterocycles. The van der Waals surface area contributed by atoms with Crippen molar-refractivity contribution < 1.29 is 9.15 Å². The second kappa shape index (κ2) is 10.8. The van der Waals surface area contributed by atoms with E-state index in [9.17, 15) is 10.1 Å². The summed E-state index contributed by atoms with van der Waals surface area (Å²) in [6.45, 7) is 3.28. The van der Waals surface area contributed by atoms with Gasteiger partial charge in [0.1, 0.15) is 23.0 Å². The minimum Gasteiger partial charge on any atom is -0.497 e. The molecule has 0 aliphatic carbocycles. The largest absolute Gasteiger partial charge is 0.497 e. The summed E-state index contributed by atoms with van der Waals surface area (Å²) in [4.78, 5) is 26.3. The fourth-order valence-electron chi connectivity index (χ4n) is 4.26. The molecule has 4 aromatic rings. The van der Waals surface area contributed by atoms with Crippen molar-refractivity contribution in [1.29, 1.82) is 5.26 Å². The predicted molar refractivity (Wildman–Crippen MR) is 145 cm³/mol. The average molecular weight is 534 g/mol. The van der Waals surface area contributed by atoms with Gasteiger partial charge in [-0.2, -0.15) is 5.26 Å². The van der Waals surface area contributed by atoms with Crippen LogP contribution < -0.4 is 15.3 Å². The van der Waals surface area contributed by atoms with Gasteiger partial charge in [-0.15, -0.1) is 0 Å². The Kier molecular flexibility index (Phi) is 7.33. The molecule has 0 atom stereocenters. The number of hydrogen-bond acceptors (Lipinski definition) is 9. The van der Waals surface area contributed by atoms with Gasteiger partial charge in [0.25, 0.3) is 0 Å². The van der Waals surface area contributed by atoms with Crippen molar-refractivity contribution >= 4 is 40.1 Å². The highest BCUT2D eigenvalue weighted by atomic mass is 35.5. The molecular formula is C27H24ClN5O3S. The first-order chi connectivity index (χ1) is 17.9. The van der Waals surface area contributed by atoms with E-state index in [1.807, 2.05) is 24.3 Å². The summed E-state index contributed by atoms with van der Waals surface area (Å²) in [5, 5.41) is 12.1. The summed E-state index contributed by atoms with van der Waals surface area (Å²) < 4.78 is 10.7. The number of likely N-dealkylation sites (N-methyl/N-ethyl adjacent to an activating group) is 1. The summed E-state index contributed by atoms with van der Waals surface area (Å²) in [7, 11) is 3.65. The lowest BCUT2D eigenvalue weighted by Crippen LogP contribution is -2.45. The number of methoxy groups -OCH3 is 1. The Labute approximate surface area is 223 Å². The number of thioether (sulfide) groups is 1. The molecule has 2 aromatic carbocycles. The molecule has 1 fully saturated rings. The summed E-state index contributed by atoms with van der Waals surface area (Å²) >= 11 is 7.52. The zero-order chi connectivity index (χ0) is 25.9. The monoisotopic (exact) mass is 533 g/mol. The lowest BCUT2D eigenvalue weighted by Gasteiger charge is -2.34. The maximum atomic E-state index is 12.2. The number of aromatic nitrogens is 2. The number of nitrogens with zero attached hydrogens (tertiary/aromatic N) is 5. The van der Waals surface area contributed by atoms with Gasteiger partial charge in [0.05, 0.1) is 12.8 Å². The van der Waals surface area contributed by atoms with Crippen LogP contribution in [0.2, 0.25) is 5.02 Å². The van der Waals surface area contributed by atoms with E-state index in [2.05, 4.69) is 22.9 Å². The van der Waals surface area contributed by atoms with Gasteiger partial charge >= 0.3 is 5.63 Å². The molecular weight excluding hydrogens is 510 g/mol. The zero-order valence-electron chi connectivity index (χ0n) is 20.4. The molecule has 0 bridgehead atoms. The van der Waals surface area contributed by atoms with E-state index in [0.29, 0.717) is 44.3 Å². The van der Waals surface area contributed by atoms with Crippen LogP contribution in [0.15, 0.2) is 62.9 Å². The maximum Gasteiger partial charge on any atom is 0.336 e. The van der Waals surface area contributed by atoms with Crippen LogP contribution in [0.4, 0.5) is 5.82 Å². The van der Waals surface area contributed by atoms with Gasteiger partial charge in [-0.25, -0.2) is 14.8 Å². The molecule has 1 aliphatic rings. The Balaban J connectivity index is 1.55. The van der Waals surface area contributed by atoms with Gasteiger partial charge in [0.2, 0.25) is 0 Å². The van der Waals surface area contributed by atoms with Crippen LogP contribution in [0.25, 0.3) is 22.2 Å². The fourth-order valence-corrected chi connectivity index (χ4v) is 5.22. The van der Waals surface area contributed by atoms with E-state index >= 15 is 0 Å². The standard InChI is InChI=1S/C27H24ClN5O3S/c1-32-9-11-33(12-10-32)26-22(15-29)25(17-3-5-19(28)6-4-17)30-27(31-26)37-16-18-13-24(34)36-23-14-20(35-2)7-8-21(18)23/h3-8,13-14H,9-12,16H2,1-2H3. The number of piperazine rings is 1. The third-order valence-corrected chi connectivity index (χ3v) is 7.44. The Hall–Kier alpha value is -3.58. The van der Waals surface area contributed by atoms with Crippen molar-refractivity contribution in [3.05, 3.63) is 75.1 Å². The van der Waals surface area contributed by atoms with Crippen molar-refractivity contribution in [2.45, 2.75) is 10.9 Å². The number of anilines is 1. The third kappa shape index (κ3) is 5.42. The highest BCUT2D eigenvalue weighted by molar-refractivity contribution is 7.98. The van der Waals surface area contributed by atoms with Crippen LogP contribution in [0, 0.1) is 11.3 Å².